The van der Waals surface area contributed by atoms with Crippen LogP contribution in [0.25, 0.3) is 11.2 Å². The molecule has 0 unspecified atom stereocenters. The van der Waals surface area contributed by atoms with Crippen LogP contribution in [0.5, 0.6) is 0 Å². The minimum atomic E-state index is -1.14. The largest absolute Gasteiger partial charge is 0.389 e. The van der Waals surface area contributed by atoms with Crippen molar-refractivity contribution in [1.82, 2.24) is 19.9 Å². The first kappa shape index (κ1) is 22.2. The lowest BCUT2D eigenvalue weighted by Gasteiger charge is -2.23. The number of aliphatic hydroxyl groups is 2. The van der Waals surface area contributed by atoms with Crippen molar-refractivity contribution in [2.24, 2.45) is 11.3 Å². The summed E-state index contributed by atoms with van der Waals surface area (Å²) in [6.07, 6.45) is 0.826. The zero-order valence-electron chi connectivity index (χ0n) is 18.2. The van der Waals surface area contributed by atoms with Crippen LogP contribution < -0.4 is 10.6 Å². The molecule has 5 atom stereocenters. The molecule has 172 valence electrons. The molecule has 3 aromatic rings. The van der Waals surface area contributed by atoms with Gasteiger partial charge >= 0.3 is 0 Å². The van der Waals surface area contributed by atoms with Gasteiger partial charge in [-0.25, -0.2) is 9.97 Å². The topological polar surface area (TPSA) is 112 Å². The zero-order chi connectivity index (χ0) is 23.3. The highest BCUT2D eigenvalue weighted by molar-refractivity contribution is 7.16. The Morgan fingerprint density at radius 2 is 2.21 bits per heavy atom. The maximum Gasteiger partial charge on any atom is 0.229 e. The van der Waals surface area contributed by atoms with E-state index in [1.54, 1.807) is 24.0 Å². The number of halogens is 1. The number of rotatable bonds is 5. The first-order valence-electron chi connectivity index (χ1n) is 10.9. The lowest BCUT2D eigenvalue weighted by Crippen LogP contribution is -2.41. The van der Waals surface area contributed by atoms with Gasteiger partial charge in [0.15, 0.2) is 5.65 Å². The van der Waals surface area contributed by atoms with E-state index in [1.807, 2.05) is 12.1 Å². The second kappa shape index (κ2) is 8.29. The number of imidazole rings is 1. The summed E-state index contributed by atoms with van der Waals surface area (Å²) in [7, 11) is 1.55. The molecule has 0 bridgehead atoms. The summed E-state index contributed by atoms with van der Waals surface area (Å²) in [5.41, 5.74) is 1.60. The highest BCUT2D eigenvalue weighted by atomic mass is 35.5. The number of fused-ring (bicyclic) bond motifs is 2. The van der Waals surface area contributed by atoms with Crippen molar-refractivity contribution < 1.29 is 15.0 Å². The quantitative estimate of drug-likeness (QED) is 0.413. The molecule has 3 heterocycles. The van der Waals surface area contributed by atoms with Crippen LogP contribution in [-0.4, -0.2) is 56.5 Å². The summed E-state index contributed by atoms with van der Waals surface area (Å²) in [5, 5.41) is 27.6. The maximum absolute atomic E-state index is 12.5. The third-order valence-electron chi connectivity index (χ3n) is 6.63. The van der Waals surface area contributed by atoms with Gasteiger partial charge < -0.3 is 25.4 Å². The molecular formula is C23H24ClN5O3S. The number of hydrogen-bond acceptors (Lipinski definition) is 7. The number of nitrogens with zero attached hydrogens (tertiary/aromatic N) is 3. The van der Waals surface area contributed by atoms with Crippen molar-refractivity contribution in [1.29, 1.82) is 0 Å². The van der Waals surface area contributed by atoms with Crippen LogP contribution in [0.2, 0.25) is 4.34 Å². The summed E-state index contributed by atoms with van der Waals surface area (Å²) in [4.78, 5) is 22.6. The van der Waals surface area contributed by atoms with Gasteiger partial charge in [0.05, 0.1) is 38.8 Å². The Morgan fingerprint density at radius 1 is 1.39 bits per heavy atom. The van der Waals surface area contributed by atoms with Gasteiger partial charge in [0.2, 0.25) is 5.91 Å². The average molecular weight is 486 g/mol. The Balaban J connectivity index is 1.58. The molecule has 10 heteroatoms. The fourth-order valence-corrected chi connectivity index (χ4v) is 5.87. The molecule has 0 aliphatic heterocycles. The number of amides is 1. The van der Waals surface area contributed by atoms with Crippen molar-refractivity contribution in [3.63, 3.8) is 0 Å². The molecule has 3 aromatic heterocycles. The van der Waals surface area contributed by atoms with Crippen LogP contribution in [0.15, 0.2) is 24.5 Å². The van der Waals surface area contributed by atoms with Crippen LogP contribution in [-0.2, 0) is 4.79 Å². The fraction of sp³-hybridized carbons (Fsp3) is 0.435. The van der Waals surface area contributed by atoms with Gasteiger partial charge in [-0.2, -0.15) is 0 Å². The molecule has 2 aliphatic carbocycles. The van der Waals surface area contributed by atoms with Gasteiger partial charge in [-0.05, 0) is 42.9 Å². The van der Waals surface area contributed by atoms with Crippen LogP contribution in [0.4, 0.5) is 5.69 Å². The highest BCUT2D eigenvalue weighted by Crippen LogP contribution is 2.67. The van der Waals surface area contributed by atoms with E-state index in [0.717, 1.165) is 23.5 Å². The highest BCUT2D eigenvalue weighted by Gasteiger charge is 2.75. The van der Waals surface area contributed by atoms with Gasteiger partial charge in [-0.3, -0.25) is 4.79 Å². The van der Waals surface area contributed by atoms with E-state index in [-0.39, 0.29) is 11.8 Å². The Morgan fingerprint density at radius 3 is 2.91 bits per heavy atom. The first-order valence-corrected chi connectivity index (χ1v) is 12.1. The van der Waals surface area contributed by atoms with Crippen molar-refractivity contribution in [3.05, 3.63) is 39.4 Å². The van der Waals surface area contributed by atoms with E-state index in [2.05, 4.69) is 34.4 Å². The number of carbonyl (C=O) groups is 1. The molecule has 0 saturated heterocycles. The van der Waals surface area contributed by atoms with E-state index in [9.17, 15) is 15.0 Å². The van der Waals surface area contributed by atoms with Gasteiger partial charge in [-0.15, -0.1) is 11.3 Å². The number of aromatic nitrogens is 3. The van der Waals surface area contributed by atoms with Crippen molar-refractivity contribution in [2.75, 3.05) is 18.9 Å². The number of carbonyl (C=O) groups excluding carboxylic acids is 1. The SMILES string of the molecule is CCCNc1cc(C#Cc2ccc(Cl)s2)nc2c1ncn2[C@H]1[C@H](O)[C@H](O)[C@]2(C(=O)NC)C[C@H]12. The molecule has 1 amide bonds. The average Bonchev–Trinajstić information content (AvgIpc) is 3.06. The maximum atomic E-state index is 12.5. The third kappa shape index (κ3) is 3.49. The lowest BCUT2D eigenvalue weighted by atomic mass is 9.98. The van der Waals surface area contributed by atoms with Gasteiger partial charge in [0.25, 0.3) is 0 Å². The fourth-order valence-electron chi connectivity index (χ4n) is 4.98. The Bertz CT molecular complexity index is 1290. The second-order valence-electron chi connectivity index (χ2n) is 8.52. The molecule has 33 heavy (non-hydrogen) atoms. The molecule has 2 saturated carbocycles. The predicted octanol–water partition coefficient (Wildman–Crippen LogP) is 2.40. The van der Waals surface area contributed by atoms with E-state index < -0.39 is 23.7 Å². The summed E-state index contributed by atoms with van der Waals surface area (Å²) in [6, 6.07) is 5.02. The molecule has 5 rings (SSSR count). The van der Waals surface area contributed by atoms with Gasteiger partial charge in [-0.1, -0.05) is 18.5 Å². The van der Waals surface area contributed by atoms with Crippen LogP contribution in [0, 0.1) is 23.2 Å². The molecule has 0 radical (unpaired) electrons. The van der Waals surface area contributed by atoms with E-state index >= 15 is 0 Å². The molecule has 2 aliphatic rings. The molecular weight excluding hydrogens is 462 g/mol. The van der Waals surface area contributed by atoms with Gasteiger partial charge in [0, 0.05) is 19.5 Å². The van der Waals surface area contributed by atoms with Crippen LogP contribution in [0.3, 0.4) is 0 Å². The molecule has 0 spiro atoms. The monoisotopic (exact) mass is 485 g/mol. The molecule has 2 fully saturated rings. The summed E-state index contributed by atoms with van der Waals surface area (Å²) in [6.45, 7) is 2.83. The number of thiophene rings is 1. The van der Waals surface area contributed by atoms with Gasteiger partial charge in [0.1, 0.15) is 17.3 Å². The Hall–Kier alpha value is -2.64. The number of pyridine rings is 1. The smallest absolute Gasteiger partial charge is 0.229 e. The lowest BCUT2D eigenvalue weighted by molar-refractivity contribution is -0.132. The summed E-state index contributed by atoms with van der Waals surface area (Å²) in [5.74, 6) is 5.75. The number of anilines is 1. The zero-order valence-corrected chi connectivity index (χ0v) is 19.7. The predicted molar refractivity (Wildman–Crippen MR) is 127 cm³/mol. The third-order valence-corrected chi connectivity index (χ3v) is 7.77. The first-order chi connectivity index (χ1) is 15.9. The normalized spacial score (nSPS) is 27.7. The Kier molecular flexibility index (Phi) is 5.57. The van der Waals surface area contributed by atoms with Crippen molar-refractivity contribution in [3.8, 4) is 11.8 Å². The number of nitrogens with one attached hydrogen (secondary N) is 2. The van der Waals surface area contributed by atoms with E-state index in [0.29, 0.717) is 27.6 Å². The molecule has 0 aromatic carbocycles. The second-order valence-corrected chi connectivity index (χ2v) is 10.2. The Labute approximate surface area is 200 Å². The van der Waals surface area contributed by atoms with Crippen molar-refractivity contribution in [2.45, 2.75) is 38.0 Å². The van der Waals surface area contributed by atoms with E-state index in [4.69, 9.17) is 16.6 Å². The minimum absolute atomic E-state index is 0.197. The molecule has 4 N–H and O–H groups in total. The van der Waals surface area contributed by atoms with Crippen LogP contribution in [0.1, 0.15) is 36.4 Å². The van der Waals surface area contributed by atoms with Crippen molar-refractivity contribution >= 4 is 45.7 Å². The number of aliphatic hydroxyl groups excluding tert-OH is 2. The van der Waals surface area contributed by atoms with Crippen LogP contribution >= 0.6 is 22.9 Å². The molecule has 8 nitrogen and oxygen atoms in total. The minimum Gasteiger partial charge on any atom is -0.389 e. The summed E-state index contributed by atoms with van der Waals surface area (Å²) < 4.78 is 2.46. The number of hydrogen-bond donors (Lipinski definition) is 4. The summed E-state index contributed by atoms with van der Waals surface area (Å²) >= 11 is 7.41. The standard InChI is InChI=1S/C23H24ClN5O3S/c1-3-8-26-15-9-12(4-5-13-6-7-16(24)33-13)28-21-17(15)27-11-29(21)18-14-10-23(14,22(32)25-2)20(31)19(18)30/h6-7,9,11,14,18-20,30-31H,3,8,10H2,1-2H3,(H,25,32)(H,26,28)/t14-,18-,19+,20+,23+/m1/s1. The van der Waals surface area contributed by atoms with E-state index in [1.165, 1.54) is 11.3 Å².